The highest BCUT2D eigenvalue weighted by Gasteiger charge is 2.20. The molecule has 0 aromatic heterocycles. The number of hydrogen-bond donors (Lipinski definition) is 3. The molecular formula is C11H21N3O2. The first-order valence-corrected chi connectivity index (χ1v) is 5.68. The van der Waals surface area contributed by atoms with Crippen LogP contribution in [-0.4, -0.2) is 36.5 Å². The van der Waals surface area contributed by atoms with E-state index in [2.05, 4.69) is 16.0 Å². The first-order valence-electron chi connectivity index (χ1n) is 5.68. The molecule has 1 aliphatic heterocycles. The summed E-state index contributed by atoms with van der Waals surface area (Å²) in [6, 6.07) is 0.176. The van der Waals surface area contributed by atoms with Gasteiger partial charge in [-0.05, 0) is 27.2 Å². The first-order chi connectivity index (χ1) is 7.37. The smallest absolute Gasteiger partial charge is 0.234 e. The standard InChI is InChI=1S/C11H21N3O2/c1-11(2,3)14-10(16)7-12-6-8-4-5-9(15)13-8/h8,12H,4-7H2,1-3H3,(H,13,15)(H,14,16). The van der Waals surface area contributed by atoms with E-state index in [0.717, 1.165) is 6.42 Å². The zero-order valence-electron chi connectivity index (χ0n) is 10.2. The molecule has 1 saturated heterocycles. The largest absolute Gasteiger partial charge is 0.352 e. The van der Waals surface area contributed by atoms with Gasteiger partial charge in [-0.1, -0.05) is 0 Å². The van der Waals surface area contributed by atoms with Crippen LogP contribution in [0.15, 0.2) is 0 Å². The Hall–Kier alpha value is -1.10. The van der Waals surface area contributed by atoms with Crippen LogP contribution in [0.1, 0.15) is 33.6 Å². The predicted octanol–water partition coefficient (Wildman–Crippen LogP) is -0.231. The van der Waals surface area contributed by atoms with Gasteiger partial charge in [-0.3, -0.25) is 9.59 Å². The molecule has 1 heterocycles. The molecule has 16 heavy (non-hydrogen) atoms. The normalized spacial score (nSPS) is 20.7. The highest BCUT2D eigenvalue weighted by molar-refractivity contribution is 5.79. The maximum atomic E-state index is 11.4. The molecule has 0 spiro atoms. The molecule has 3 N–H and O–H groups in total. The Morgan fingerprint density at radius 3 is 2.69 bits per heavy atom. The molecule has 0 aliphatic carbocycles. The summed E-state index contributed by atoms with van der Waals surface area (Å²) in [5, 5.41) is 8.75. The second-order valence-corrected chi connectivity index (χ2v) is 5.23. The molecule has 2 amide bonds. The lowest BCUT2D eigenvalue weighted by atomic mass is 10.1. The van der Waals surface area contributed by atoms with Gasteiger partial charge in [0, 0.05) is 24.5 Å². The summed E-state index contributed by atoms with van der Waals surface area (Å²) in [6.45, 7) is 6.79. The summed E-state index contributed by atoms with van der Waals surface area (Å²) in [5.74, 6) is 0.0859. The minimum atomic E-state index is -0.194. The number of rotatable bonds is 4. The van der Waals surface area contributed by atoms with Gasteiger partial charge < -0.3 is 16.0 Å². The van der Waals surface area contributed by atoms with Crippen LogP contribution in [0.3, 0.4) is 0 Å². The summed E-state index contributed by atoms with van der Waals surface area (Å²) < 4.78 is 0. The van der Waals surface area contributed by atoms with E-state index in [1.807, 2.05) is 20.8 Å². The van der Waals surface area contributed by atoms with Gasteiger partial charge in [0.15, 0.2) is 0 Å². The summed E-state index contributed by atoms with van der Waals surface area (Å²) in [4.78, 5) is 22.4. The van der Waals surface area contributed by atoms with Crippen molar-refractivity contribution >= 4 is 11.8 Å². The average Bonchev–Trinajstić information content (AvgIpc) is 2.48. The molecule has 92 valence electrons. The minimum Gasteiger partial charge on any atom is -0.352 e. The van der Waals surface area contributed by atoms with Crippen molar-refractivity contribution in [2.24, 2.45) is 0 Å². The number of carbonyl (C=O) groups excluding carboxylic acids is 2. The number of hydrogen-bond acceptors (Lipinski definition) is 3. The van der Waals surface area contributed by atoms with Gasteiger partial charge in [-0.2, -0.15) is 0 Å². The van der Waals surface area contributed by atoms with Gasteiger partial charge in [-0.15, -0.1) is 0 Å². The fraction of sp³-hybridized carbons (Fsp3) is 0.818. The third-order valence-electron chi connectivity index (χ3n) is 2.28. The maximum Gasteiger partial charge on any atom is 0.234 e. The molecule has 0 aromatic rings. The van der Waals surface area contributed by atoms with E-state index in [0.29, 0.717) is 19.5 Å². The Morgan fingerprint density at radius 2 is 2.19 bits per heavy atom. The number of amides is 2. The number of nitrogens with one attached hydrogen (secondary N) is 3. The third-order valence-corrected chi connectivity index (χ3v) is 2.28. The molecule has 0 aromatic carbocycles. The van der Waals surface area contributed by atoms with Gasteiger partial charge in [-0.25, -0.2) is 0 Å². The summed E-state index contributed by atoms with van der Waals surface area (Å²) in [6.07, 6.45) is 1.45. The molecular weight excluding hydrogens is 206 g/mol. The van der Waals surface area contributed by atoms with Crippen LogP contribution in [0.2, 0.25) is 0 Å². The van der Waals surface area contributed by atoms with Gasteiger partial charge in [0.05, 0.1) is 6.54 Å². The molecule has 1 unspecified atom stereocenters. The Kier molecular flexibility index (Phi) is 4.29. The zero-order valence-corrected chi connectivity index (χ0v) is 10.2. The second-order valence-electron chi connectivity index (χ2n) is 5.23. The van der Waals surface area contributed by atoms with Gasteiger partial charge in [0.1, 0.15) is 0 Å². The fourth-order valence-corrected chi connectivity index (χ4v) is 1.65. The van der Waals surface area contributed by atoms with Crippen LogP contribution in [0.4, 0.5) is 0 Å². The molecule has 1 rings (SSSR count). The van der Waals surface area contributed by atoms with E-state index in [1.54, 1.807) is 0 Å². The molecule has 0 radical (unpaired) electrons. The third kappa shape index (κ3) is 5.11. The summed E-state index contributed by atoms with van der Waals surface area (Å²) in [7, 11) is 0. The van der Waals surface area contributed by atoms with Crippen molar-refractivity contribution in [1.29, 1.82) is 0 Å². The van der Waals surface area contributed by atoms with E-state index >= 15 is 0 Å². The lowest BCUT2D eigenvalue weighted by molar-refractivity contribution is -0.121. The van der Waals surface area contributed by atoms with E-state index in [9.17, 15) is 9.59 Å². The molecule has 1 aliphatic rings. The molecule has 1 fully saturated rings. The Bertz CT molecular complexity index is 271. The molecule has 5 heteroatoms. The Labute approximate surface area is 96.4 Å². The summed E-state index contributed by atoms with van der Waals surface area (Å²) >= 11 is 0. The fourth-order valence-electron chi connectivity index (χ4n) is 1.65. The monoisotopic (exact) mass is 227 g/mol. The van der Waals surface area contributed by atoms with Crippen molar-refractivity contribution in [1.82, 2.24) is 16.0 Å². The van der Waals surface area contributed by atoms with E-state index < -0.39 is 0 Å². The van der Waals surface area contributed by atoms with E-state index in [-0.39, 0.29) is 23.4 Å². The highest BCUT2D eigenvalue weighted by atomic mass is 16.2. The van der Waals surface area contributed by atoms with Crippen LogP contribution in [0.25, 0.3) is 0 Å². The van der Waals surface area contributed by atoms with Crippen LogP contribution in [0.5, 0.6) is 0 Å². The molecule has 5 nitrogen and oxygen atoms in total. The van der Waals surface area contributed by atoms with E-state index in [4.69, 9.17) is 0 Å². The van der Waals surface area contributed by atoms with Crippen molar-refractivity contribution < 1.29 is 9.59 Å². The average molecular weight is 227 g/mol. The Morgan fingerprint density at radius 1 is 1.50 bits per heavy atom. The van der Waals surface area contributed by atoms with Gasteiger partial charge in [0.2, 0.25) is 11.8 Å². The van der Waals surface area contributed by atoms with Crippen molar-refractivity contribution in [3.05, 3.63) is 0 Å². The Balaban J connectivity index is 2.11. The van der Waals surface area contributed by atoms with Gasteiger partial charge >= 0.3 is 0 Å². The maximum absolute atomic E-state index is 11.4. The van der Waals surface area contributed by atoms with Crippen molar-refractivity contribution in [3.8, 4) is 0 Å². The molecule has 0 bridgehead atoms. The van der Waals surface area contributed by atoms with Crippen molar-refractivity contribution in [2.75, 3.05) is 13.1 Å². The molecule has 0 saturated carbocycles. The second kappa shape index (κ2) is 5.30. The SMILES string of the molecule is CC(C)(C)NC(=O)CNCC1CCC(=O)N1. The van der Waals surface area contributed by atoms with Crippen molar-refractivity contribution in [2.45, 2.75) is 45.2 Å². The quantitative estimate of drug-likeness (QED) is 0.621. The van der Waals surface area contributed by atoms with Crippen molar-refractivity contribution in [3.63, 3.8) is 0 Å². The molecule has 1 atom stereocenters. The predicted molar refractivity (Wildman–Crippen MR) is 61.9 cm³/mol. The minimum absolute atomic E-state index is 0.0168. The summed E-state index contributed by atoms with van der Waals surface area (Å²) in [5.41, 5.74) is -0.194. The van der Waals surface area contributed by atoms with Gasteiger partial charge in [0.25, 0.3) is 0 Å². The first kappa shape index (κ1) is 13.0. The van der Waals surface area contributed by atoms with Crippen LogP contribution >= 0.6 is 0 Å². The van der Waals surface area contributed by atoms with Crippen LogP contribution < -0.4 is 16.0 Å². The van der Waals surface area contributed by atoms with E-state index in [1.165, 1.54) is 0 Å². The highest BCUT2D eigenvalue weighted by Crippen LogP contribution is 2.04. The lowest BCUT2D eigenvalue weighted by Gasteiger charge is -2.21. The topological polar surface area (TPSA) is 70.2 Å². The van der Waals surface area contributed by atoms with Crippen LogP contribution in [0, 0.1) is 0 Å². The van der Waals surface area contributed by atoms with Crippen LogP contribution in [-0.2, 0) is 9.59 Å². The zero-order chi connectivity index (χ0) is 12.2. The number of carbonyl (C=O) groups is 2. The lowest BCUT2D eigenvalue weighted by Crippen LogP contribution is -2.46.